The lowest BCUT2D eigenvalue weighted by Gasteiger charge is -2.00. The number of carbonyl (C=O) groups excluding carboxylic acids is 1. The van der Waals surface area contributed by atoms with Crippen LogP contribution in [0.1, 0.15) is 35.8 Å². The number of ether oxygens (including phenoxy) is 1. The van der Waals surface area contributed by atoms with Gasteiger partial charge < -0.3 is 14.9 Å². The molecule has 0 fully saturated rings. The molecule has 5 nitrogen and oxygen atoms in total. The van der Waals surface area contributed by atoms with Crippen LogP contribution in [0.4, 0.5) is 0 Å². The Hall–Kier alpha value is -1.36. The average Bonchev–Trinajstić information content (AvgIpc) is 2.64. The molecule has 5 heteroatoms. The summed E-state index contributed by atoms with van der Waals surface area (Å²) in [4.78, 5) is 14.8. The average molecular weight is 184 g/mol. The number of esters is 1. The number of nitrogens with two attached hydrogens (primary N) is 1. The molecule has 2 N–H and O–H groups in total. The van der Waals surface area contributed by atoms with Gasteiger partial charge in [-0.25, -0.2) is 9.78 Å². The highest BCUT2D eigenvalue weighted by Gasteiger charge is 2.15. The van der Waals surface area contributed by atoms with E-state index in [1.165, 1.54) is 13.4 Å². The molecular weight excluding hydrogens is 172 g/mol. The maximum Gasteiger partial charge on any atom is 0.360 e. The van der Waals surface area contributed by atoms with Gasteiger partial charge in [0.1, 0.15) is 6.26 Å². The SMILES string of the molecule is CCC(N)c1nc(C(=O)OC)co1. The molecule has 0 spiro atoms. The zero-order chi connectivity index (χ0) is 9.84. The summed E-state index contributed by atoms with van der Waals surface area (Å²) >= 11 is 0. The van der Waals surface area contributed by atoms with E-state index < -0.39 is 5.97 Å². The Bertz CT molecular complexity index is 295. The quantitative estimate of drug-likeness (QED) is 0.705. The summed E-state index contributed by atoms with van der Waals surface area (Å²) in [7, 11) is 1.29. The lowest BCUT2D eigenvalue weighted by molar-refractivity contribution is 0.0594. The predicted octanol–water partition coefficient (Wildman–Crippen LogP) is 0.871. The third kappa shape index (κ3) is 2.06. The first kappa shape index (κ1) is 9.73. The van der Waals surface area contributed by atoms with Gasteiger partial charge in [-0.15, -0.1) is 0 Å². The summed E-state index contributed by atoms with van der Waals surface area (Å²) < 4.78 is 9.46. The molecule has 0 aliphatic heterocycles. The molecule has 1 unspecified atom stereocenters. The van der Waals surface area contributed by atoms with Crippen molar-refractivity contribution in [2.75, 3.05) is 7.11 Å². The van der Waals surface area contributed by atoms with Crippen molar-refractivity contribution in [2.45, 2.75) is 19.4 Å². The van der Waals surface area contributed by atoms with Crippen LogP contribution in [0.2, 0.25) is 0 Å². The van der Waals surface area contributed by atoms with Crippen LogP contribution in [0, 0.1) is 0 Å². The Kier molecular flexibility index (Phi) is 3.02. The number of oxazole rings is 1. The van der Waals surface area contributed by atoms with Gasteiger partial charge in [-0.05, 0) is 6.42 Å². The number of methoxy groups -OCH3 is 1. The van der Waals surface area contributed by atoms with E-state index in [4.69, 9.17) is 10.2 Å². The molecule has 1 rings (SSSR count). The monoisotopic (exact) mass is 184 g/mol. The van der Waals surface area contributed by atoms with Crippen molar-refractivity contribution in [2.24, 2.45) is 5.73 Å². The molecule has 0 saturated carbocycles. The van der Waals surface area contributed by atoms with Crippen LogP contribution in [0.15, 0.2) is 10.7 Å². The first-order valence-corrected chi connectivity index (χ1v) is 3.98. The lowest BCUT2D eigenvalue weighted by atomic mass is 10.2. The number of rotatable bonds is 3. The first-order valence-electron chi connectivity index (χ1n) is 3.98. The minimum Gasteiger partial charge on any atom is -0.464 e. The Labute approximate surface area is 75.9 Å². The summed E-state index contributed by atoms with van der Waals surface area (Å²) in [5.74, 6) is -0.152. The third-order valence-corrected chi connectivity index (χ3v) is 1.67. The topological polar surface area (TPSA) is 78.3 Å². The van der Waals surface area contributed by atoms with Crippen LogP contribution in [0.5, 0.6) is 0 Å². The fourth-order valence-corrected chi connectivity index (χ4v) is 0.831. The molecule has 0 aliphatic carbocycles. The minimum atomic E-state index is -0.515. The van der Waals surface area contributed by atoms with Crippen molar-refractivity contribution in [3.8, 4) is 0 Å². The molecule has 0 saturated heterocycles. The Morgan fingerprint density at radius 2 is 2.54 bits per heavy atom. The second kappa shape index (κ2) is 4.04. The molecule has 1 aromatic rings. The van der Waals surface area contributed by atoms with Crippen molar-refractivity contribution in [1.82, 2.24) is 4.98 Å². The van der Waals surface area contributed by atoms with Gasteiger partial charge in [-0.3, -0.25) is 0 Å². The fourth-order valence-electron chi connectivity index (χ4n) is 0.831. The van der Waals surface area contributed by atoms with E-state index >= 15 is 0 Å². The zero-order valence-electron chi connectivity index (χ0n) is 7.61. The van der Waals surface area contributed by atoms with E-state index in [0.717, 1.165) is 0 Å². The fraction of sp³-hybridized carbons (Fsp3) is 0.500. The molecule has 72 valence electrons. The maximum atomic E-state index is 11.0. The summed E-state index contributed by atoms with van der Waals surface area (Å²) in [6.07, 6.45) is 1.96. The van der Waals surface area contributed by atoms with Gasteiger partial charge in [0.05, 0.1) is 13.2 Å². The van der Waals surface area contributed by atoms with Gasteiger partial charge in [-0.2, -0.15) is 0 Å². The summed E-state index contributed by atoms with van der Waals surface area (Å²) in [6.45, 7) is 1.91. The number of nitrogens with zero attached hydrogens (tertiary/aromatic N) is 1. The second-order valence-electron chi connectivity index (χ2n) is 2.58. The van der Waals surface area contributed by atoms with Gasteiger partial charge in [0.15, 0.2) is 5.69 Å². The van der Waals surface area contributed by atoms with Crippen molar-refractivity contribution in [1.29, 1.82) is 0 Å². The molecule has 1 aromatic heterocycles. The van der Waals surface area contributed by atoms with Gasteiger partial charge in [0, 0.05) is 0 Å². The molecule has 0 aliphatic rings. The number of aromatic nitrogens is 1. The summed E-state index contributed by atoms with van der Waals surface area (Å²) in [5, 5.41) is 0. The van der Waals surface area contributed by atoms with Crippen LogP contribution in [-0.4, -0.2) is 18.1 Å². The van der Waals surface area contributed by atoms with Crippen LogP contribution < -0.4 is 5.73 Å². The van der Waals surface area contributed by atoms with Crippen molar-refractivity contribution in [3.05, 3.63) is 17.8 Å². The molecule has 1 atom stereocenters. The number of hydrogen-bond donors (Lipinski definition) is 1. The smallest absolute Gasteiger partial charge is 0.360 e. The van der Waals surface area contributed by atoms with Gasteiger partial charge >= 0.3 is 5.97 Å². The molecule has 13 heavy (non-hydrogen) atoms. The van der Waals surface area contributed by atoms with Crippen LogP contribution >= 0.6 is 0 Å². The molecular formula is C8H12N2O3. The van der Waals surface area contributed by atoms with Crippen molar-refractivity contribution < 1.29 is 13.9 Å². The van der Waals surface area contributed by atoms with Crippen molar-refractivity contribution >= 4 is 5.97 Å². The first-order chi connectivity index (χ1) is 6.19. The van der Waals surface area contributed by atoms with Gasteiger partial charge in [-0.1, -0.05) is 6.92 Å². The molecule has 0 radical (unpaired) electrons. The number of hydrogen-bond acceptors (Lipinski definition) is 5. The Morgan fingerprint density at radius 1 is 1.85 bits per heavy atom. The highest BCUT2D eigenvalue weighted by molar-refractivity contribution is 5.86. The Balaban J connectivity index is 2.80. The molecule has 0 aromatic carbocycles. The largest absolute Gasteiger partial charge is 0.464 e. The highest BCUT2D eigenvalue weighted by Crippen LogP contribution is 2.13. The highest BCUT2D eigenvalue weighted by atomic mass is 16.5. The number of carbonyl (C=O) groups is 1. The minimum absolute atomic E-state index is 0.154. The van der Waals surface area contributed by atoms with Crippen LogP contribution in [0.3, 0.4) is 0 Å². The molecule has 0 bridgehead atoms. The lowest BCUT2D eigenvalue weighted by Crippen LogP contribution is -2.10. The zero-order valence-corrected chi connectivity index (χ0v) is 7.61. The summed E-state index contributed by atoms with van der Waals surface area (Å²) in [6, 6.07) is -0.265. The Morgan fingerprint density at radius 3 is 3.08 bits per heavy atom. The standard InChI is InChI=1S/C8H12N2O3/c1-3-5(9)7-10-6(4-13-7)8(11)12-2/h4-5H,3,9H2,1-2H3. The molecule has 0 amide bonds. The van der Waals surface area contributed by atoms with Crippen LogP contribution in [-0.2, 0) is 4.74 Å². The van der Waals surface area contributed by atoms with E-state index in [0.29, 0.717) is 12.3 Å². The van der Waals surface area contributed by atoms with E-state index in [1.807, 2.05) is 6.92 Å². The van der Waals surface area contributed by atoms with E-state index in [9.17, 15) is 4.79 Å². The van der Waals surface area contributed by atoms with E-state index in [-0.39, 0.29) is 11.7 Å². The second-order valence-corrected chi connectivity index (χ2v) is 2.58. The predicted molar refractivity (Wildman–Crippen MR) is 45.1 cm³/mol. The van der Waals surface area contributed by atoms with E-state index in [1.54, 1.807) is 0 Å². The normalized spacial score (nSPS) is 12.5. The summed E-state index contributed by atoms with van der Waals surface area (Å²) in [5.41, 5.74) is 5.79. The van der Waals surface area contributed by atoms with Crippen LogP contribution in [0.25, 0.3) is 0 Å². The third-order valence-electron chi connectivity index (χ3n) is 1.67. The van der Waals surface area contributed by atoms with Gasteiger partial charge in [0.25, 0.3) is 0 Å². The van der Waals surface area contributed by atoms with E-state index in [2.05, 4.69) is 9.72 Å². The van der Waals surface area contributed by atoms with Gasteiger partial charge in [0.2, 0.25) is 5.89 Å². The molecule has 1 heterocycles. The maximum absolute atomic E-state index is 11.0. The van der Waals surface area contributed by atoms with Crippen molar-refractivity contribution in [3.63, 3.8) is 0 Å².